The molecule has 0 heterocycles. The zero-order chi connectivity index (χ0) is 22.3. The van der Waals surface area contributed by atoms with Crippen LogP contribution >= 0.6 is 0 Å². The van der Waals surface area contributed by atoms with E-state index in [1.54, 1.807) is 24.3 Å². The highest BCUT2D eigenvalue weighted by atomic mass is 16.5. The lowest BCUT2D eigenvalue weighted by atomic mass is 9.65. The molecule has 3 aliphatic carbocycles. The van der Waals surface area contributed by atoms with Crippen LogP contribution in [0.4, 0.5) is 0 Å². The van der Waals surface area contributed by atoms with Gasteiger partial charge < -0.3 is 4.74 Å². The number of esters is 1. The van der Waals surface area contributed by atoms with E-state index in [1.807, 2.05) is 0 Å². The largest absolute Gasteiger partial charge is 0.426 e. The van der Waals surface area contributed by atoms with Crippen molar-refractivity contribution in [3.05, 3.63) is 42.5 Å². The Morgan fingerprint density at radius 3 is 1.78 bits per heavy atom. The topological polar surface area (TPSA) is 50.1 Å². The van der Waals surface area contributed by atoms with Crippen LogP contribution in [0.15, 0.2) is 36.9 Å². The fourth-order valence-corrected chi connectivity index (χ4v) is 6.84. The van der Waals surface area contributed by atoms with Crippen LogP contribution in [0.3, 0.4) is 0 Å². The molecule has 172 valence electrons. The summed E-state index contributed by atoms with van der Waals surface area (Å²) in [5.74, 6) is 5.01. The molecule has 0 unspecified atom stereocenters. The van der Waals surface area contributed by atoms with E-state index in [4.69, 9.17) is 10.00 Å². The average Bonchev–Trinajstić information content (AvgIpc) is 2.85. The average molecular weight is 434 g/mol. The first-order valence-electron chi connectivity index (χ1n) is 13.0. The number of carbonyl (C=O) groups excluding carboxylic acids is 1. The van der Waals surface area contributed by atoms with Crippen LogP contribution in [-0.2, 0) is 4.79 Å². The Balaban J connectivity index is 1.17. The summed E-state index contributed by atoms with van der Waals surface area (Å²) in [7, 11) is 0. The van der Waals surface area contributed by atoms with Gasteiger partial charge in [-0.05, 0) is 137 Å². The van der Waals surface area contributed by atoms with Crippen molar-refractivity contribution in [2.24, 2.45) is 35.5 Å². The number of benzene rings is 1. The maximum absolute atomic E-state index is 12.6. The van der Waals surface area contributed by atoms with Gasteiger partial charge in [0.25, 0.3) is 0 Å². The monoisotopic (exact) mass is 433 g/mol. The summed E-state index contributed by atoms with van der Waals surface area (Å²) in [5.41, 5.74) is 0.584. The molecule has 0 bridgehead atoms. The molecule has 0 spiro atoms. The molecule has 4 rings (SSSR count). The van der Waals surface area contributed by atoms with E-state index in [0.717, 1.165) is 42.4 Å². The molecule has 32 heavy (non-hydrogen) atoms. The molecule has 0 aliphatic heterocycles. The molecular formula is C29H39NO2. The fourth-order valence-electron chi connectivity index (χ4n) is 6.84. The predicted octanol–water partition coefficient (Wildman–Crippen LogP) is 7.46. The maximum Gasteiger partial charge on any atom is 0.314 e. The highest BCUT2D eigenvalue weighted by Crippen LogP contribution is 2.46. The van der Waals surface area contributed by atoms with Gasteiger partial charge >= 0.3 is 5.97 Å². The van der Waals surface area contributed by atoms with E-state index in [2.05, 4.69) is 18.7 Å². The van der Waals surface area contributed by atoms with Crippen molar-refractivity contribution < 1.29 is 9.53 Å². The van der Waals surface area contributed by atoms with Crippen LogP contribution in [0.25, 0.3) is 0 Å². The van der Waals surface area contributed by atoms with E-state index in [-0.39, 0.29) is 11.9 Å². The lowest BCUT2D eigenvalue weighted by molar-refractivity contribution is -0.140. The van der Waals surface area contributed by atoms with Gasteiger partial charge in [-0.15, -0.1) is 6.58 Å². The number of nitriles is 1. The number of allylic oxidation sites excluding steroid dienone is 1. The normalized spacial score (nSPS) is 33.1. The second-order valence-corrected chi connectivity index (χ2v) is 10.6. The Morgan fingerprint density at radius 2 is 1.31 bits per heavy atom. The zero-order valence-electron chi connectivity index (χ0n) is 19.5. The van der Waals surface area contributed by atoms with Crippen LogP contribution in [0.1, 0.15) is 89.0 Å². The van der Waals surface area contributed by atoms with Crippen LogP contribution in [0.2, 0.25) is 0 Å². The second kappa shape index (κ2) is 11.2. The molecular weight excluding hydrogens is 394 g/mol. The number of hydrogen-bond donors (Lipinski definition) is 0. The Kier molecular flexibility index (Phi) is 8.06. The van der Waals surface area contributed by atoms with Gasteiger partial charge in [-0.25, -0.2) is 0 Å². The number of nitrogens with zero attached hydrogens (tertiary/aromatic N) is 1. The van der Waals surface area contributed by atoms with Gasteiger partial charge in [0.1, 0.15) is 5.75 Å². The van der Waals surface area contributed by atoms with E-state index in [9.17, 15) is 4.79 Å². The van der Waals surface area contributed by atoms with E-state index in [1.165, 1.54) is 70.6 Å². The SMILES string of the molecule is C=CC[C@H]1CC[C@H]([C@H]2CC[C@H]([C@H]3CC[C@H](C(=O)Oc4ccc(C#N)cc4)CC3)CC2)CC1. The molecule has 0 atom stereocenters. The van der Waals surface area contributed by atoms with E-state index < -0.39 is 0 Å². The standard InChI is InChI=1S/C29H39NO2/c1-2-3-21-4-8-23(9-5-21)24-10-12-25(13-11-24)26-14-16-27(17-15-26)29(31)32-28-18-6-22(20-30)7-19-28/h2,6-7,18-19,21,23-27H,1,3-5,8-17H2/t21-,23-,24-,25-,26-,27-. The second-order valence-electron chi connectivity index (χ2n) is 10.6. The van der Waals surface area contributed by atoms with Crippen molar-refractivity contribution in [1.82, 2.24) is 0 Å². The molecule has 3 nitrogen and oxygen atoms in total. The van der Waals surface area contributed by atoms with Gasteiger partial charge in [0.05, 0.1) is 17.6 Å². The number of carbonyl (C=O) groups is 1. The van der Waals surface area contributed by atoms with Gasteiger partial charge in [-0.1, -0.05) is 6.08 Å². The highest BCUT2D eigenvalue weighted by Gasteiger charge is 2.36. The summed E-state index contributed by atoms with van der Waals surface area (Å²) in [5, 5.41) is 8.89. The maximum atomic E-state index is 12.6. The third kappa shape index (κ3) is 5.83. The summed E-state index contributed by atoms with van der Waals surface area (Å²) >= 11 is 0. The minimum atomic E-state index is -0.0936. The van der Waals surface area contributed by atoms with Crippen LogP contribution < -0.4 is 4.74 Å². The van der Waals surface area contributed by atoms with Gasteiger partial charge in [-0.3, -0.25) is 4.79 Å². The molecule has 0 N–H and O–H groups in total. The fraction of sp³-hybridized carbons (Fsp3) is 0.655. The number of ether oxygens (including phenoxy) is 1. The Bertz CT molecular complexity index is 783. The van der Waals surface area contributed by atoms with Crippen LogP contribution in [0.5, 0.6) is 5.75 Å². The van der Waals surface area contributed by atoms with Crippen molar-refractivity contribution in [3.63, 3.8) is 0 Å². The summed E-state index contributed by atoms with van der Waals surface area (Å²) in [6, 6.07) is 8.91. The summed E-state index contributed by atoms with van der Waals surface area (Å²) in [6.45, 7) is 3.92. The molecule has 3 aliphatic rings. The van der Waals surface area contributed by atoms with Crippen molar-refractivity contribution in [2.75, 3.05) is 0 Å². The van der Waals surface area contributed by atoms with Gasteiger partial charge in [0, 0.05) is 0 Å². The molecule has 3 fully saturated rings. The Hall–Kier alpha value is -2.08. The third-order valence-corrected chi connectivity index (χ3v) is 8.85. The van der Waals surface area contributed by atoms with Crippen molar-refractivity contribution in [3.8, 4) is 11.8 Å². The lowest BCUT2D eigenvalue weighted by Gasteiger charge is -2.41. The minimum absolute atomic E-state index is 0.0315. The first-order chi connectivity index (χ1) is 15.7. The third-order valence-electron chi connectivity index (χ3n) is 8.85. The summed E-state index contributed by atoms with van der Waals surface area (Å²) in [4.78, 5) is 12.6. The quantitative estimate of drug-likeness (QED) is 0.266. The Morgan fingerprint density at radius 1 is 0.844 bits per heavy atom. The number of rotatable bonds is 6. The summed E-state index contributed by atoms with van der Waals surface area (Å²) < 4.78 is 5.58. The molecule has 0 aromatic heterocycles. The lowest BCUT2D eigenvalue weighted by Crippen LogP contribution is -2.31. The molecule has 0 radical (unpaired) electrons. The summed E-state index contributed by atoms with van der Waals surface area (Å²) in [6.07, 6.45) is 19.0. The van der Waals surface area contributed by atoms with Gasteiger partial charge in [0.15, 0.2) is 0 Å². The van der Waals surface area contributed by atoms with Crippen molar-refractivity contribution in [1.29, 1.82) is 5.26 Å². The molecule has 0 saturated heterocycles. The molecule has 3 heteroatoms. The van der Waals surface area contributed by atoms with Crippen molar-refractivity contribution >= 4 is 5.97 Å². The van der Waals surface area contributed by atoms with Gasteiger partial charge in [-0.2, -0.15) is 5.26 Å². The van der Waals surface area contributed by atoms with Crippen LogP contribution in [0, 0.1) is 46.8 Å². The zero-order valence-corrected chi connectivity index (χ0v) is 19.5. The molecule has 1 aromatic rings. The first-order valence-corrected chi connectivity index (χ1v) is 13.0. The van der Waals surface area contributed by atoms with Gasteiger partial charge in [0.2, 0.25) is 0 Å². The Labute approximate surface area is 194 Å². The first kappa shape index (κ1) is 23.1. The highest BCUT2D eigenvalue weighted by molar-refractivity contribution is 5.75. The minimum Gasteiger partial charge on any atom is -0.426 e. The van der Waals surface area contributed by atoms with E-state index in [0.29, 0.717) is 11.3 Å². The predicted molar refractivity (Wildman–Crippen MR) is 128 cm³/mol. The molecule has 3 saturated carbocycles. The molecule has 0 amide bonds. The molecule has 1 aromatic carbocycles. The number of hydrogen-bond acceptors (Lipinski definition) is 3. The smallest absolute Gasteiger partial charge is 0.314 e. The van der Waals surface area contributed by atoms with E-state index >= 15 is 0 Å². The van der Waals surface area contributed by atoms with Crippen molar-refractivity contribution in [2.45, 2.75) is 83.5 Å². The van der Waals surface area contributed by atoms with Crippen LogP contribution in [-0.4, -0.2) is 5.97 Å².